The zero-order valence-electron chi connectivity index (χ0n) is 28.1. The summed E-state index contributed by atoms with van der Waals surface area (Å²) in [5, 5.41) is 2.60. The zero-order chi connectivity index (χ0) is 33.5. The summed E-state index contributed by atoms with van der Waals surface area (Å²) in [4.78, 5) is 0. The van der Waals surface area contributed by atoms with E-state index >= 15 is 0 Å². The smallest absolute Gasteiger partial charge is 0.0582 e. The number of hydrogen-bond donors (Lipinski definition) is 0. The number of rotatable bonds is 4. The number of aromatic nitrogens is 1. The van der Waals surface area contributed by atoms with E-state index in [1.807, 2.05) is 0 Å². The van der Waals surface area contributed by atoms with Gasteiger partial charge < -0.3 is 4.57 Å². The van der Waals surface area contributed by atoms with Crippen LogP contribution in [0.3, 0.4) is 0 Å². The van der Waals surface area contributed by atoms with Crippen molar-refractivity contribution >= 4 is 21.8 Å². The summed E-state index contributed by atoms with van der Waals surface area (Å²) >= 11 is 0. The van der Waals surface area contributed by atoms with Gasteiger partial charge in [0.25, 0.3) is 0 Å². The van der Waals surface area contributed by atoms with Crippen LogP contribution in [-0.4, -0.2) is 4.57 Å². The second-order valence-electron chi connectivity index (χ2n) is 14.0. The van der Waals surface area contributed by atoms with E-state index in [-0.39, 0.29) is 5.92 Å². The fraction of sp³-hybridized carbons (Fsp3) is 0.0400. The number of para-hydroxylation sites is 1. The standard InChI is InChI=1S/C50H33N/c1-3-11-34(12-4-1)49-42-18-10-9-17-40(42)45-29-35(23-25-43(45)49)32-19-21-33(22-20-32)36-24-28-48-46(30-36)44-27-26-41-39-16-8-7-13-37(39)31-47(41)50(44)51(48)38-14-5-2-6-15-38/h1-30,49H,31H2. The van der Waals surface area contributed by atoms with Gasteiger partial charge in [-0.25, -0.2) is 0 Å². The molecule has 0 bridgehead atoms. The lowest BCUT2D eigenvalue weighted by Crippen LogP contribution is -1.98. The third kappa shape index (κ3) is 4.28. The molecule has 1 aromatic heterocycles. The fourth-order valence-corrected chi connectivity index (χ4v) is 9.00. The summed E-state index contributed by atoms with van der Waals surface area (Å²) in [6, 6.07) is 67.4. The van der Waals surface area contributed by atoms with Crippen molar-refractivity contribution in [3.05, 3.63) is 210 Å². The first kappa shape index (κ1) is 28.4. The van der Waals surface area contributed by atoms with Gasteiger partial charge in [0, 0.05) is 28.8 Å². The van der Waals surface area contributed by atoms with Crippen molar-refractivity contribution < 1.29 is 0 Å². The van der Waals surface area contributed by atoms with Gasteiger partial charge in [-0.15, -0.1) is 0 Å². The molecule has 9 aromatic rings. The number of fused-ring (bicyclic) bond motifs is 10. The molecule has 1 unspecified atom stereocenters. The molecule has 1 heteroatoms. The topological polar surface area (TPSA) is 4.93 Å². The highest BCUT2D eigenvalue weighted by Gasteiger charge is 2.30. The predicted molar refractivity (Wildman–Crippen MR) is 213 cm³/mol. The Balaban J connectivity index is 1.000. The Hall–Kier alpha value is -6.44. The molecule has 0 aliphatic heterocycles. The van der Waals surface area contributed by atoms with Gasteiger partial charge in [-0.1, -0.05) is 152 Å². The van der Waals surface area contributed by atoms with Crippen molar-refractivity contribution in [3.8, 4) is 50.2 Å². The molecule has 2 aliphatic carbocycles. The van der Waals surface area contributed by atoms with Crippen LogP contribution in [0.25, 0.3) is 72.0 Å². The van der Waals surface area contributed by atoms with E-state index in [4.69, 9.17) is 0 Å². The fourth-order valence-electron chi connectivity index (χ4n) is 9.00. The molecule has 0 saturated heterocycles. The Morgan fingerprint density at radius 3 is 1.84 bits per heavy atom. The van der Waals surface area contributed by atoms with Gasteiger partial charge in [-0.3, -0.25) is 0 Å². The van der Waals surface area contributed by atoms with E-state index < -0.39 is 0 Å². The molecular formula is C50H33N. The number of nitrogens with zero attached hydrogens (tertiary/aromatic N) is 1. The minimum absolute atomic E-state index is 0.271. The normalized spacial score (nSPS) is 14.0. The van der Waals surface area contributed by atoms with Crippen LogP contribution in [0, 0.1) is 0 Å². The molecule has 1 heterocycles. The van der Waals surface area contributed by atoms with Crippen LogP contribution >= 0.6 is 0 Å². The highest BCUT2D eigenvalue weighted by Crippen LogP contribution is 2.49. The average Bonchev–Trinajstić information content (AvgIpc) is 3.86. The Kier molecular flexibility index (Phi) is 6.15. The molecule has 0 saturated carbocycles. The Morgan fingerprint density at radius 2 is 1.04 bits per heavy atom. The maximum absolute atomic E-state index is 2.48. The van der Waals surface area contributed by atoms with Crippen LogP contribution < -0.4 is 0 Å². The molecular weight excluding hydrogens is 615 g/mol. The maximum atomic E-state index is 2.48. The summed E-state index contributed by atoms with van der Waals surface area (Å²) in [5.74, 6) is 0.271. The zero-order valence-corrected chi connectivity index (χ0v) is 28.1. The summed E-state index contributed by atoms with van der Waals surface area (Å²) in [6.07, 6.45) is 0.960. The van der Waals surface area contributed by atoms with Gasteiger partial charge in [0.05, 0.1) is 11.0 Å². The van der Waals surface area contributed by atoms with Crippen LogP contribution in [-0.2, 0) is 6.42 Å². The van der Waals surface area contributed by atoms with Gasteiger partial charge in [0.15, 0.2) is 0 Å². The van der Waals surface area contributed by atoms with Gasteiger partial charge in [-0.2, -0.15) is 0 Å². The second kappa shape index (κ2) is 11.0. The monoisotopic (exact) mass is 647 g/mol. The van der Waals surface area contributed by atoms with Crippen molar-refractivity contribution in [2.75, 3.05) is 0 Å². The highest BCUT2D eigenvalue weighted by atomic mass is 15.0. The Bertz CT molecular complexity index is 2800. The van der Waals surface area contributed by atoms with Gasteiger partial charge in [0.1, 0.15) is 0 Å². The van der Waals surface area contributed by atoms with Crippen molar-refractivity contribution in [1.29, 1.82) is 0 Å². The quantitative estimate of drug-likeness (QED) is 0.179. The minimum atomic E-state index is 0.271. The van der Waals surface area contributed by atoms with Gasteiger partial charge >= 0.3 is 0 Å². The predicted octanol–water partition coefficient (Wildman–Crippen LogP) is 12.8. The molecule has 1 atom stereocenters. The van der Waals surface area contributed by atoms with Gasteiger partial charge in [0.2, 0.25) is 0 Å². The molecule has 0 spiro atoms. The van der Waals surface area contributed by atoms with E-state index in [0.29, 0.717) is 0 Å². The first-order chi connectivity index (χ1) is 25.3. The van der Waals surface area contributed by atoms with Crippen LogP contribution in [0.2, 0.25) is 0 Å². The van der Waals surface area contributed by atoms with Crippen LogP contribution in [0.5, 0.6) is 0 Å². The largest absolute Gasteiger partial charge is 0.309 e. The van der Waals surface area contributed by atoms with Crippen molar-refractivity contribution in [2.45, 2.75) is 12.3 Å². The molecule has 0 radical (unpaired) electrons. The minimum Gasteiger partial charge on any atom is -0.309 e. The SMILES string of the molecule is c1ccc(C2c3ccccc3-c3cc(-c4ccc(-c5ccc6c(c5)c5ccc7c(c5n6-c5ccccc5)Cc5ccccc5-7)cc4)ccc32)cc1. The third-order valence-electron chi connectivity index (χ3n) is 11.3. The van der Waals surface area contributed by atoms with Crippen molar-refractivity contribution in [2.24, 2.45) is 0 Å². The maximum Gasteiger partial charge on any atom is 0.0582 e. The Labute approximate surface area is 297 Å². The second-order valence-corrected chi connectivity index (χ2v) is 14.0. The summed E-state index contributed by atoms with van der Waals surface area (Å²) in [6.45, 7) is 0. The van der Waals surface area contributed by atoms with E-state index in [1.54, 1.807) is 0 Å². The molecule has 0 N–H and O–H groups in total. The Morgan fingerprint density at radius 1 is 0.412 bits per heavy atom. The van der Waals surface area contributed by atoms with E-state index in [9.17, 15) is 0 Å². The molecule has 0 amide bonds. The lowest BCUT2D eigenvalue weighted by molar-refractivity contribution is 1.02. The first-order valence-corrected chi connectivity index (χ1v) is 17.9. The van der Waals surface area contributed by atoms with E-state index in [1.165, 1.54) is 99.8 Å². The molecule has 238 valence electrons. The lowest BCUT2D eigenvalue weighted by atomic mass is 9.89. The average molecular weight is 648 g/mol. The molecule has 1 nitrogen and oxygen atoms in total. The molecule has 8 aromatic carbocycles. The van der Waals surface area contributed by atoms with Gasteiger partial charge in [-0.05, 0) is 103 Å². The third-order valence-corrected chi connectivity index (χ3v) is 11.3. The first-order valence-electron chi connectivity index (χ1n) is 17.9. The number of benzene rings is 8. The molecule has 11 rings (SSSR count). The van der Waals surface area contributed by atoms with Crippen molar-refractivity contribution in [1.82, 2.24) is 4.57 Å². The van der Waals surface area contributed by atoms with Crippen LogP contribution in [0.4, 0.5) is 0 Å². The van der Waals surface area contributed by atoms with Crippen LogP contribution in [0.15, 0.2) is 182 Å². The summed E-state index contributed by atoms with van der Waals surface area (Å²) < 4.78 is 2.48. The van der Waals surface area contributed by atoms with Crippen LogP contribution in [0.1, 0.15) is 33.7 Å². The number of hydrogen-bond acceptors (Lipinski definition) is 0. The van der Waals surface area contributed by atoms with Crippen molar-refractivity contribution in [3.63, 3.8) is 0 Å². The van der Waals surface area contributed by atoms with E-state index in [2.05, 4.69) is 187 Å². The van der Waals surface area contributed by atoms with E-state index in [0.717, 1.165) is 6.42 Å². The molecule has 2 aliphatic rings. The molecule has 0 fully saturated rings. The molecule has 51 heavy (non-hydrogen) atoms. The summed E-state index contributed by atoms with van der Waals surface area (Å²) in [7, 11) is 0. The highest BCUT2D eigenvalue weighted by molar-refractivity contribution is 6.13. The summed E-state index contributed by atoms with van der Waals surface area (Å²) in [5.41, 5.74) is 21.1. The lowest BCUT2D eigenvalue weighted by Gasteiger charge is -2.14.